The van der Waals surface area contributed by atoms with Crippen LogP contribution in [0, 0.1) is 11.3 Å². The SMILES string of the molecule is CCOC(=O)c1c(NC(=O)/C(C#N)=C/c2cc(Cl)c(O)c(OC)c2)sc2c1CCCC2. The predicted octanol–water partition coefficient (Wildman–Crippen LogP) is 4.72. The number of ether oxygens (including phenoxy) is 2. The number of methoxy groups -OCH3 is 1. The van der Waals surface area contributed by atoms with Gasteiger partial charge in [0.25, 0.3) is 5.91 Å². The zero-order valence-corrected chi connectivity index (χ0v) is 18.7. The summed E-state index contributed by atoms with van der Waals surface area (Å²) in [4.78, 5) is 26.4. The number of phenolic OH excluding ortho intramolecular Hbond substituents is 1. The summed E-state index contributed by atoms with van der Waals surface area (Å²) in [6.07, 6.45) is 4.92. The molecule has 1 heterocycles. The van der Waals surface area contributed by atoms with Crippen molar-refractivity contribution < 1.29 is 24.2 Å². The molecule has 0 fully saturated rings. The number of rotatable bonds is 6. The molecule has 7 nitrogen and oxygen atoms in total. The molecule has 2 N–H and O–H groups in total. The van der Waals surface area contributed by atoms with Crippen LogP contribution in [0.3, 0.4) is 0 Å². The van der Waals surface area contributed by atoms with Crippen molar-refractivity contribution in [2.45, 2.75) is 32.6 Å². The van der Waals surface area contributed by atoms with Gasteiger partial charge in [0.05, 0.1) is 24.3 Å². The van der Waals surface area contributed by atoms with Gasteiger partial charge in [0, 0.05) is 4.88 Å². The molecular formula is C22H21ClN2O5S. The van der Waals surface area contributed by atoms with E-state index in [4.69, 9.17) is 21.1 Å². The van der Waals surface area contributed by atoms with E-state index in [1.54, 1.807) is 6.92 Å². The van der Waals surface area contributed by atoms with E-state index in [0.717, 1.165) is 36.1 Å². The second-order valence-electron chi connectivity index (χ2n) is 6.81. The number of fused-ring (bicyclic) bond motifs is 1. The first-order chi connectivity index (χ1) is 14.9. The van der Waals surface area contributed by atoms with E-state index in [1.165, 1.54) is 36.7 Å². The lowest BCUT2D eigenvalue weighted by atomic mass is 9.95. The Kier molecular flexibility index (Phi) is 7.21. The van der Waals surface area contributed by atoms with Crippen molar-refractivity contribution in [1.82, 2.24) is 0 Å². The van der Waals surface area contributed by atoms with Crippen molar-refractivity contribution in [2.75, 3.05) is 19.0 Å². The summed E-state index contributed by atoms with van der Waals surface area (Å²) < 4.78 is 10.2. The van der Waals surface area contributed by atoms with E-state index in [-0.39, 0.29) is 28.7 Å². The van der Waals surface area contributed by atoms with Gasteiger partial charge in [-0.25, -0.2) is 4.79 Å². The quantitative estimate of drug-likeness (QED) is 0.367. The standard InChI is InChI=1S/C22H21ClN2O5S/c1-3-30-22(28)18-14-6-4-5-7-17(14)31-21(18)25-20(27)13(11-24)8-12-9-15(23)19(26)16(10-12)29-2/h8-10,26H,3-7H2,1-2H3,(H,25,27)/b13-8+. The predicted molar refractivity (Wildman–Crippen MR) is 119 cm³/mol. The summed E-state index contributed by atoms with van der Waals surface area (Å²) in [5.74, 6) is -1.25. The van der Waals surface area contributed by atoms with Crippen molar-refractivity contribution in [3.63, 3.8) is 0 Å². The van der Waals surface area contributed by atoms with Gasteiger partial charge in [-0.05, 0) is 61.9 Å². The number of carbonyl (C=O) groups is 2. The molecule has 0 spiro atoms. The molecule has 1 amide bonds. The molecule has 1 aliphatic carbocycles. The summed E-state index contributed by atoms with van der Waals surface area (Å²) in [5.41, 5.74) is 1.51. The monoisotopic (exact) mass is 460 g/mol. The number of thiophene rings is 1. The van der Waals surface area contributed by atoms with Crippen molar-refractivity contribution in [1.29, 1.82) is 5.26 Å². The summed E-state index contributed by atoms with van der Waals surface area (Å²) >= 11 is 7.33. The Morgan fingerprint density at radius 2 is 2.10 bits per heavy atom. The molecule has 1 aliphatic rings. The maximum atomic E-state index is 12.8. The zero-order chi connectivity index (χ0) is 22.5. The highest BCUT2D eigenvalue weighted by molar-refractivity contribution is 7.17. The number of nitriles is 1. The highest BCUT2D eigenvalue weighted by atomic mass is 35.5. The third-order valence-electron chi connectivity index (χ3n) is 4.82. The fourth-order valence-corrected chi connectivity index (χ4v) is 4.88. The molecule has 0 saturated heterocycles. The number of anilines is 1. The van der Waals surface area contributed by atoms with Gasteiger partial charge < -0.3 is 19.9 Å². The minimum absolute atomic E-state index is 0.0267. The normalized spacial score (nSPS) is 13.2. The van der Waals surface area contributed by atoms with Crippen LogP contribution in [0.2, 0.25) is 5.02 Å². The Morgan fingerprint density at radius 1 is 1.35 bits per heavy atom. The molecule has 0 unspecified atom stereocenters. The van der Waals surface area contributed by atoms with Gasteiger partial charge in [-0.2, -0.15) is 5.26 Å². The number of nitrogens with one attached hydrogen (secondary N) is 1. The van der Waals surface area contributed by atoms with Gasteiger partial charge in [0.15, 0.2) is 11.5 Å². The number of aryl methyl sites for hydroxylation is 1. The first-order valence-corrected chi connectivity index (χ1v) is 10.9. The van der Waals surface area contributed by atoms with E-state index >= 15 is 0 Å². The van der Waals surface area contributed by atoms with Crippen LogP contribution in [0.15, 0.2) is 17.7 Å². The van der Waals surface area contributed by atoms with Crippen LogP contribution in [-0.4, -0.2) is 30.7 Å². The molecule has 0 radical (unpaired) electrons. The van der Waals surface area contributed by atoms with Crippen molar-refractivity contribution in [2.24, 2.45) is 0 Å². The van der Waals surface area contributed by atoms with Crippen LogP contribution in [0.1, 0.15) is 46.1 Å². The second kappa shape index (κ2) is 9.86. The van der Waals surface area contributed by atoms with Crippen LogP contribution < -0.4 is 10.1 Å². The van der Waals surface area contributed by atoms with E-state index in [9.17, 15) is 20.0 Å². The zero-order valence-electron chi connectivity index (χ0n) is 17.1. The third kappa shape index (κ3) is 4.84. The molecule has 0 saturated carbocycles. The minimum Gasteiger partial charge on any atom is -0.503 e. The Morgan fingerprint density at radius 3 is 2.77 bits per heavy atom. The first kappa shape index (κ1) is 22.7. The lowest BCUT2D eigenvalue weighted by Crippen LogP contribution is -2.16. The Balaban J connectivity index is 1.94. The number of phenols is 1. The molecule has 0 bridgehead atoms. The van der Waals surface area contributed by atoms with Gasteiger partial charge in [-0.1, -0.05) is 11.6 Å². The Labute approximate surface area is 188 Å². The highest BCUT2D eigenvalue weighted by Gasteiger charge is 2.27. The highest BCUT2D eigenvalue weighted by Crippen LogP contribution is 2.39. The van der Waals surface area contributed by atoms with E-state index in [2.05, 4.69) is 5.32 Å². The fourth-order valence-electron chi connectivity index (χ4n) is 3.39. The molecule has 2 aromatic rings. The lowest BCUT2D eigenvalue weighted by Gasteiger charge is -2.12. The van der Waals surface area contributed by atoms with Crippen molar-refractivity contribution in [3.05, 3.63) is 44.3 Å². The number of hydrogen-bond donors (Lipinski definition) is 2. The average Bonchev–Trinajstić information content (AvgIpc) is 3.12. The van der Waals surface area contributed by atoms with Crippen LogP contribution in [-0.2, 0) is 22.4 Å². The minimum atomic E-state index is -0.658. The summed E-state index contributed by atoms with van der Waals surface area (Å²) in [6, 6.07) is 4.74. The van der Waals surface area contributed by atoms with E-state index in [1.807, 2.05) is 6.07 Å². The number of esters is 1. The fraction of sp³-hybridized carbons (Fsp3) is 0.318. The third-order valence-corrected chi connectivity index (χ3v) is 6.32. The Bertz CT molecular complexity index is 1100. The summed E-state index contributed by atoms with van der Waals surface area (Å²) in [5, 5.41) is 22.5. The van der Waals surface area contributed by atoms with E-state index in [0.29, 0.717) is 16.1 Å². The topological polar surface area (TPSA) is 109 Å². The van der Waals surface area contributed by atoms with E-state index < -0.39 is 11.9 Å². The largest absolute Gasteiger partial charge is 0.503 e. The number of nitrogens with zero attached hydrogens (tertiary/aromatic N) is 1. The maximum Gasteiger partial charge on any atom is 0.341 e. The number of carbonyl (C=O) groups excluding carboxylic acids is 2. The molecule has 3 rings (SSSR count). The van der Waals surface area contributed by atoms with Crippen molar-refractivity contribution in [3.8, 4) is 17.6 Å². The molecule has 1 aromatic heterocycles. The summed E-state index contributed by atoms with van der Waals surface area (Å²) in [6.45, 7) is 1.95. The smallest absolute Gasteiger partial charge is 0.341 e. The van der Waals surface area contributed by atoms with Gasteiger partial charge >= 0.3 is 5.97 Å². The van der Waals surface area contributed by atoms with Crippen LogP contribution in [0.25, 0.3) is 6.08 Å². The van der Waals surface area contributed by atoms with Crippen LogP contribution in [0.4, 0.5) is 5.00 Å². The number of hydrogen-bond acceptors (Lipinski definition) is 7. The van der Waals surface area contributed by atoms with Gasteiger partial charge in [0.2, 0.25) is 0 Å². The number of amides is 1. The lowest BCUT2D eigenvalue weighted by molar-refractivity contribution is -0.112. The molecule has 1 aromatic carbocycles. The Hall–Kier alpha value is -3.02. The molecule has 9 heteroatoms. The molecular weight excluding hydrogens is 440 g/mol. The number of aromatic hydroxyl groups is 1. The first-order valence-electron chi connectivity index (χ1n) is 9.70. The second-order valence-corrected chi connectivity index (χ2v) is 8.33. The average molecular weight is 461 g/mol. The molecule has 0 aliphatic heterocycles. The molecule has 162 valence electrons. The summed E-state index contributed by atoms with van der Waals surface area (Å²) in [7, 11) is 1.37. The van der Waals surface area contributed by atoms with Crippen LogP contribution >= 0.6 is 22.9 Å². The van der Waals surface area contributed by atoms with Gasteiger partial charge in [-0.15, -0.1) is 11.3 Å². The maximum absolute atomic E-state index is 12.8. The van der Waals surface area contributed by atoms with Gasteiger partial charge in [0.1, 0.15) is 16.6 Å². The van der Waals surface area contributed by atoms with Crippen LogP contribution in [0.5, 0.6) is 11.5 Å². The molecule has 0 atom stereocenters. The number of benzene rings is 1. The van der Waals surface area contributed by atoms with Crippen molar-refractivity contribution >= 4 is 45.9 Å². The number of halogens is 1. The molecule has 31 heavy (non-hydrogen) atoms. The van der Waals surface area contributed by atoms with Gasteiger partial charge in [-0.3, -0.25) is 4.79 Å².